The molecule has 2 aliphatic carbocycles. The van der Waals surface area contributed by atoms with Gasteiger partial charge in [0.15, 0.2) is 23.0 Å². The molecule has 2 aliphatic heterocycles. The van der Waals surface area contributed by atoms with Gasteiger partial charge in [0.05, 0.1) is 5.30 Å². The van der Waals surface area contributed by atoms with Crippen molar-refractivity contribution in [3.63, 3.8) is 0 Å². The van der Waals surface area contributed by atoms with Crippen molar-refractivity contribution in [1.29, 1.82) is 0 Å². The molecule has 4 aliphatic rings. The Labute approximate surface area is 181 Å². The highest BCUT2D eigenvalue weighted by molar-refractivity contribution is 7.48. The predicted octanol–water partition coefficient (Wildman–Crippen LogP) is 4.93. The monoisotopic (exact) mass is 486 g/mol. The first-order valence-corrected chi connectivity index (χ1v) is 11.6. The van der Waals surface area contributed by atoms with E-state index < -0.39 is 44.3 Å². The van der Waals surface area contributed by atoms with Gasteiger partial charge in [0.25, 0.3) is 17.2 Å². The maximum Gasteiger partial charge on any atom is 0.426 e. The number of hydrogen-bond acceptors (Lipinski definition) is 5. The SMILES string of the molecule is OC(CPc1c2c(cc3c1OC1(CCCC1)O3)OC1(CCCC1)O2)(C(F)(F)F)C(F)(F)F. The zero-order valence-corrected chi connectivity index (χ0v) is 17.8. The molecule has 0 saturated heterocycles. The van der Waals surface area contributed by atoms with Crippen LogP contribution in [0.3, 0.4) is 0 Å². The Morgan fingerprint density at radius 2 is 1.16 bits per heavy atom. The minimum absolute atomic E-state index is 0.0250. The van der Waals surface area contributed by atoms with Crippen molar-refractivity contribution < 1.29 is 50.4 Å². The molecule has 2 saturated carbocycles. The third-order valence-electron chi connectivity index (χ3n) is 6.52. The summed E-state index contributed by atoms with van der Waals surface area (Å²) in [6, 6.07) is 1.54. The molecule has 0 aromatic heterocycles. The largest absolute Gasteiger partial charge is 0.448 e. The Morgan fingerprint density at radius 1 is 0.750 bits per heavy atom. The molecule has 0 bridgehead atoms. The lowest BCUT2D eigenvalue weighted by Gasteiger charge is -2.32. The molecule has 1 unspecified atom stereocenters. The average Bonchev–Trinajstić information content (AvgIpc) is 3.45. The summed E-state index contributed by atoms with van der Waals surface area (Å²) in [5, 5.41) is 9.69. The van der Waals surface area contributed by atoms with Crippen molar-refractivity contribution in [3.05, 3.63) is 6.07 Å². The van der Waals surface area contributed by atoms with E-state index in [0.717, 1.165) is 25.7 Å². The van der Waals surface area contributed by atoms with E-state index in [0.29, 0.717) is 25.7 Å². The fraction of sp³-hybridized carbons (Fsp3) is 0.700. The molecule has 1 aromatic carbocycles. The van der Waals surface area contributed by atoms with Gasteiger partial charge in [-0.1, -0.05) is 8.58 Å². The number of hydrogen-bond donors (Lipinski definition) is 1. The van der Waals surface area contributed by atoms with Gasteiger partial charge in [-0.2, -0.15) is 26.3 Å². The first-order valence-electron chi connectivity index (χ1n) is 10.4. The summed E-state index contributed by atoms with van der Waals surface area (Å²) in [7, 11) is -1.11. The zero-order chi connectivity index (χ0) is 23.0. The summed E-state index contributed by atoms with van der Waals surface area (Å²) in [5.74, 6) is -1.37. The Morgan fingerprint density at radius 3 is 1.53 bits per heavy atom. The lowest BCUT2D eigenvalue weighted by molar-refractivity contribution is -0.358. The minimum Gasteiger partial charge on any atom is -0.448 e. The van der Waals surface area contributed by atoms with E-state index in [-0.39, 0.29) is 28.3 Å². The quantitative estimate of drug-likeness (QED) is 0.485. The minimum atomic E-state index is -5.90. The maximum atomic E-state index is 13.3. The number of rotatable bonds is 3. The van der Waals surface area contributed by atoms with E-state index in [9.17, 15) is 31.4 Å². The molecule has 1 atom stereocenters. The van der Waals surface area contributed by atoms with Gasteiger partial charge in [-0.15, -0.1) is 0 Å². The molecule has 5 nitrogen and oxygen atoms in total. The second-order valence-electron chi connectivity index (χ2n) is 8.76. The van der Waals surface area contributed by atoms with Crippen LogP contribution < -0.4 is 24.3 Å². The van der Waals surface area contributed by atoms with Gasteiger partial charge in [-0.3, -0.25) is 0 Å². The van der Waals surface area contributed by atoms with Crippen molar-refractivity contribution in [1.82, 2.24) is 0 Å². The lowest BCUT2D eigenvalue weighted by atomic mass is 10.1. The van der Waals surface area contributed by atoms with Crippen molar-refractivity contribution >= 4 is 13.9 Å². The van der Waals surface area contributed by atoms with Gasteiger partial charge in [-0.05, 0) is 25.7 Å². The van der Waals surface area contributed by atoms with Crippen molar-refractivity contribution in [2.45, 2.75) is 80.9 Å². The van der Waals surface area contributed by atoms with Crippen LogP contribution in [0.15, 0.2) is 6.07 Å². The highest BCUT2D eigenvalue weighted by Crippen LogP contribution is 2.57. The summed E-state index contributed by atoms with van der Waals surface area (Å²) >= 11 is 0. The zero-order valence-electron chi connectivity index (χ0n) is 16.8. The molecule has 2 spiro atoms. The Hall–Kier alpha value is -1.61. The normalized spacial score (nSPS) is 23.3. The van der Waals surface area contributed by atoms with Crippen LogP contribution in [0.4, 0.5) is 26.3 Å². The first-order chi connectivity index (χ1) is 14.9. The van der Waals surface area contributed by atoms with E-state index in [1.54, 1.807) is 6.07 Å². The number of aliphatic hydroxyl groups is 1. The maximum absolute atomic E-state index is 13.3. The fourth-order valence-electron chi connectivity index (χ4n) is 4.74. The third kappa shape index (κ3) is 3.30. The van der Waals surface area contributed by atoms with Crippen LogP contribution in [0.2, 0.25) is 0 Å². The van der Waals surface area contributed by atoms with E-state index in [1.165, 1.54) is 0 Å². The van der Waals surface area contributed by atoms with Gasteiger partial charge in [-0.25, -0.2) is 0 Å². The van der Waals surface area contributed by atoms with Gasteiger partial charge in [0, 0.05) is 37.9 Å². The molecular formula is C20H21F6O5P. The Balaban J connectivity index is 1.53. The van der Waals surface area contributed by atoms with Gasteiger partial charge < -0.3 is 24.1 Å². The highest BCUT2D eigenvalue weighted by Gasteiger charge is 2.70. The average molecular weight is 486 g/mol. The summed E-state index contributed by atoms with van der Waals surface area (Å²) in [6.45, 7) is 0. The second-order valence-corrected chi connectivity index (χ2v) is 9.97. The molecule has 2 fully saturated rings. The first kappa shape index (κ1) is 22.2. The van der Waals surface area contributed by atoms with Crippen LogP contribution in [0.25, 0.3) is 0 Å². The van der Waals surface area contributed by atoms with E-state index in [1.807, 2.05) is 0 Å². The van der Waals surface area contributed by atoms with Crippen LogP contribution in [0.5, 0.6) is 23.0 Å². The van der Waals surface area contributed by atoms with Gasteiger partial charge in [0.2, 0.25) is 0 Å². The van der Waals surface area contributed by atoms with E-state index >= 15 is 0 Å². The standard InChI is InChI=1S/C20H21F6O5P/c21-19(22,23)18(27,20(24,25)26)10-32-15-13-11(28-16(30-13)5-1-2-6-16)9-12-14(15)31-17(29-12)7-3-4-8-17/h9,27,32H,1-8,10H2. The van der Waals surface area contributed by atoms with Crippen molar-refractivity contribution in [2.24, 2.45) is 0 Å². The van der Waals surface area contributed by atoms with Crippen LogP contribution >= 0.6 is 8.58 Å². The highest BCUT2D eigenvalue weighted by atomic mass is 31.1. The molecule has 178 valence electrons. The molecule has 12 heteroatoms. The van der Waals surface area contributed by atoms with E-state index in [2.05, 4.69) is 0 Å². The number of halogens is 6. The smallest absolute Gasteiger partial charge is 0.426 e. The molecule has 2 heterocycles. The molecule has 1 N–H and O–H groups in total. The molecule has 5 rings (SSSR count). The lowest BCUT2D eigenvalue weighted by Crippen LogP contribution is -2.58. The third-order valence-corrected chi connectivity index (χ3v) is 8.02. The Bertz CT molecular complexity index is 854. The van der Waals surface area contributed by atoms with Crippen LogP contribution in [0.1, 0.15) is 51.4 Å². The molecule has 32 heavy (non-hydrogen) atoms. The number of alkyl halides is 6. The summed E-state index contributed by atoms with van der Waals surface area (Å²) in [6.07, 6.45) is -7.91. The summed E-state index contributed by atoms with van der Waals surface area (Å²) in [5.41, 5.74) is -4.86. The summed E-state index contributed by atoms with van der Waals surface area (Å²) < 4.78 is 103. The van der Waals surface area contributed by atoms with E-state index in [4.69, 9.17) is 18.9 Å². The second kappa shape index (κ2) is 6.95. The van der Waals surface area contributed by atoms with Crippen LogP contribution in [-0.2, 0) is 0 Å². The van der Waals surface area contributed by atoms with Crippen molar-refractivity contribution in [2.75, 3.05) is 6.16 Å². The van der Waals surface area contributed by atoms with Gasteiger partial charge >= 0.3 is 12.4 Å². The number of fused-ring (bicyclic) bond motifs is 2. The molecule has 1 aromatic rings. The number of benzene rings is 1. The van der Waals surface area contributed by atoms with Gasteiger partial charge in [0.1, 0.15) is 0 Å². The fourth-order valence-corrected chi connectivity index (χ4v) is 6.25. The van der Waals surface area contributed by atoms with Crippen LogP contribution in [-0.4, -0.2) is 40.8 Å². The molecular weight excluding hydrogens is 465 g/mol. The number of ether oxygens (including phenoxy) is 4. The Kier molecular flexibility index (Phi) is 4.82. The van der Waals surface area contributed by atoms with Crippen molar-refractivity contribution in [3.8, 4) is 23.0 Å². The summed E-state index contributed by atoms with van der Waals surface area (Å²) in [4.78, 5) is 0. The predicted molar refractivity (Wildman–Crippen MR) is 101 cm³/mol. The molecule has 0 amide bonds. The topological polar surface area (TPSA) is 57.2 Å². The molecule has 0 radical (unpaired) electrons. The van der Waals surface area contributed by atoms with Crippen LogP contribution in [0, 0.1) is 0 Å².